The number of nitrogens with one attached hydrogen (secondary N) is 1. The number of ether oxygens (including phenoxy) is 1. The van der Waals surface area contributed by atoms with Crippen LogP contribution in [0.15, 0.2) is 17.8 Å². The number of hydrogen-bond acceptors (Lipinski definition) is 5. The molecule has 2 rings (SSSR count). The molecule has 0 spiro atoms. The molecule has 1 amide bonds. The predicted molar refractivity (Wildman–Crippen MR) is 75.4 cm³/mol. The number of amides is 1. The van der Waals surface area contributed by atoms with E-state index < -0.39 is 0 Å². The van der Waals surface area contributed by atoms with E-state index in [0.29, 0.717) is 18.3 Å². The summed E-state index contributed by atoms with van der Waals surface area (Å²) < 4.78 is 5.44. The summed E-state index contributed by atoms with van der Waals surface area (Å²) in [5.41, 5.74) is 0. The van der Waals surface area contributed by atoms with Gasteiger partial charge in [0.1, 0.15) is 11.2 Å². The van der Waals surface area contributed by atoms with Gasteiger partial charge in [0.05, 0.1) is 5.39 Å². The Hall–Kier alpha value is -1.69. The van der Waals surface area contributed by atoms with Crippen molar-refractivity contribution in [1.29, 1.82) is 0 Å². The van der Waals surface area contributed by atoms with Crippen LogP contribution in [0, 0.1) is 5.92 Å². The number of carbonyl (C=O) groups is 1. The van der Waals surface area contributed by atoms with Gasteiger partial charge in [0.15, 0.2) is 6.61 Å². The lowest BCUT2D eigenvalue weighted by molar-refractivity contribution is -0.123. The van der Waals surface area contributed by atoms with E-state index in [1.807, 2.05) is 11.4 Å². The van der Waals surface area contributed by atoms with Crippen LogP contribution in [0.25, 0.3) is 10.2 Å². The maximum Gasteiger partial charge on any atom is 0.258 e. The zero-order valence-electron chi connectivity index (χ0n) is 11.0. The van der Waals surface area contributed by atoms with E-state index in [1.54, 1.807) is 0 Å². The summed E-state index contributed by atoms with van der Waals surface area (Å²) in [6.45, 7) is 4.91. The minimum Gasteiger partial charge on any atom is -0.467 e. The molecule has 0 aromatic carbocycles. The Morgan fingerprint density at radius 2 is 2.32 bits per heavy atom. The summed E-state index contributed by atoms with van der Waals surface area (Å²) in [7, 11) is 0. The van der Waals surface area contributed by atoms with Crippen LogP contribution < -0.4 is 10.1 Å². The summed E-state index contributed by atoms with van der Waals surface area (Å²) >= 11 is 1.52. The Labute approximate surface area is 116 Å². The number of hydrogen-bond donors (Lipinski definition) is 1. The van der Waals surface area contributed by atoms with Gasteiger partial charge in [0.25, 0.3) is 5.91 Å². The Morgan fingerprint density at radius 3 is 3.11 bits per heavy atom. The van der Waals surface area contributed by atoms with E-state index in [2.05, 4.69) is 29.1 Å². The predicted octanol–water partition coefficient (Wildman–Crippen LogP) is 2.23. The molecule has 2 aromatic heterocycles. The lowest BCUT2D eigenvalue weighted by Crippen LogP contribution is -2.30. The van der Waals surface area contributed by atoms with Crippen molar-refractivity contribution in [3.63, 3.8) is 0 Å². The number of carbonyl (C=O) groups excluding carboxylic acids is 1. The molecule has 19 heavy (non-hydrogen) atoms. The molecule has 2 aromatic rings. The van der Waals surface area contributed by atoms with Crippen molar-refractivity contribution in [2.75, 3.05) is 13.2 Å². The van der Waals surface area contributed by atoms with Crippen LogP contribution in [0.5, 0.6) is 5.88 Å². The Balaban J connectivity index is 1.85. The van der Waals surface area contributed by atoms with E-state index in [1.165, 1.54) is 17.7 Å². The Bertz CT molecular complexity index is 554. The molecule has 0 saturated heterocycles. The SMILES string of the molecule is CC(C)CCNC(=O)COc1ncnc2sccc12. The minimum absolute atomic E-state index is 0.0138. The minimum atomic E-state index is -0.123. The summed E-state index contributed by atoms with van der Waals surface area (Å²) in [4.78, 5) is 20.6. The lowest BCUT2D eigenvalue weighted by Gasteiger charge is -2.08. The normalized spacial score (nSPS) is 10.9. The van der Waals surface area contributed by atoms with E-state index in [0.717, 1.165) is 16.6 Å². The molecule has 0 atom stereocenters. The molecule has 0 aliphatic rings. The van der Waals surface area contributed by atoms with Gasteiger partial charge >= 0.3 is 0 Å². The summed E-state index contributed by atoms with van der Waals surface area (Å²) in [6, 6.07) is 1.89. The van der Waals surface area contributed by atoms with Gasteiger partial charge in [-0.15, -0.1) is 11.3 Å². The fraction of sp³-hybridized carbons (Fsp3) is 0.462. The van der Waals surface area contributed by atoms with Crippen LogP contribution in [0.2, 0.25) is 0 Å². The third-order valence-corrected chi connectivity index (χ3v) is 3.43. The fourth-order valence-corrected chi connectivity index (χ4v) is 2.29. The zero-order chi connectivity index (χ0) is 13.7. The van der Waals surface area contributed by atoms with Crippen LogP contribution in [-0.4, -0.2) is 29.0 Å². The molecule has 2 heterocycles. The first-order chi connectivity index (χ1) is 9.16. The van der Waals surface area contributed by atoms with Crippen LogP contribution in [0.1, 0.15) is 20.3 Å². The van der Waals surface area contributed by atoms with Gasteiger partial charge in [-0.1, -0.05) is 13.8 Å². The monoisotopic (exact) mass is 279 g/mol. The number of fused-ring (bicyclic) bond motifs is 1. The molecule has 102 valence electrons. The van der Waals surface area contributed by atoms with Crippen molar-refractivity contribution in [3.8, 4) is 5.88 Å². The quantitative estimate of drug-likeness (QED) is 0.880. The first kappa shape index (κ1) is 13.7. The standard InChI is InChI=1S/C13H17N3O2S/c1-9(2)3-5-14-11(17)7-18-12-10-4-6-19-13(10)16-8-15-12/h4,6,8-9H,3,5,7H2,1-2H3,(H,14,17). The highest BCUT2D eigenvalue weighted by atomic mass is 32.1. The van der Waals surface area contributed by atoms with Gasteiger partial charge in [0, 0.05) is 6.54 Å². The Morgan fingerprint density at radius 1 is 1.47 bits per heavy atom. The summed E-state index contributed by atoms with van der Waals surface area (Å²) in [5.74, 6) is 0.918. The van der Waals surface area contributed by atoms with Gasteiger partial charge in [-0.2, -0.15) is 0 Å². The van der Waals surface area contributed by atoms with Crippen LogP contribution in [0.4, 0.5) is 0 Å². The molecule has 0 fully saturated rings. The van der Waals surface area contributed by atoms with Crippen molar-refractivity contribution in [2.45, 2.75) is 20.3 Å². The van der Waals surface area contributed by atoms with E-state index in [4.69, 9.17) is 4.74 Å². The average molecular weight is 279 g/mol. The molecular formula is C13H17N3O2S. The van der Waals surface area contributed by atoms with Crippen LogP contribution >= 0.6 is 11.3 Å². The van der Waals surface area contributed by atoms with Crippen molar-refractivity contribution >= 4 is 27.5 Å². The van der Waals surface area contributed by atoms with E-state index >= 15 is 0 Å². The number of rotatable bonds is 6. The third-order valence-electron chi connectivity index (χ3n) is 2.61. The molecule has 0 aliphatic carbocycles. The number of aromatic nitrogens is 2. The lowest BCUT2D eigenvalue weighted by atomic mass is 10.1. The summed E-state index contributed by atoms with van der Waals surface area (Å²) in [5, 5.41) is 5.60. The molecule has 0 unspecified atom stereocenters. The molecule has 0 bridgehead atoms. The molecule has 0 radical (unpaired) electrons. The van der Waals surface area contributed by atoms with Crippen LogP contribution in [0.3, 0.4) is 0 Å². The first-order valence-corrected chi connectivity index (χ1v) is 7.12. The smallest absolute Gasteiger partial charge is 0.258 e. The average Bonchev–Trinajstić information content (AvgIpc) is 2.84. The van der Waals surface area contributed by atoms with Gasteiger partial charge in [-0.3, -0.25) is 4.79 Å². The maximum atomic E-state index is 11.6. The number of thiophene rings is 1. The highest BCUT2D eigenvalue weighted by Gasteiger charge is 2.08. The van der Waals surface area contributed by atoms with Crippen LogP contribution in [-0.2, 0) is 4.79 Å². The van der Waals surface area contributed by atoms with E-state index in [9.17, 15) is 4.79 Å². The van der Waals surface area contributed by atoms with Gasteiger partial charge in [0.2, 0.25) is 5.88 Å². The second-order valence-electron chi connectivity index (χ2n) is 4.64. The highest BCUT2D eigenvalue weighted by molar-refractivity contribution is 7.16. The van der Waals surface area contributed by atoms with Gasteiger partial charge in [-0.05, 0) is 23.8 Å². The molecule has 6 heteroatoms. The molecule has 0 aliphatic heterocycles. The molecule has 5 nitrogen and oxygen atoms in total. The maximum absolute atomic E-state index is 11.6. The van der Waals surface area contributed by atoms with Crippen molar-refractivity contribution in [1.82, 2.24) is 15.3 Å². The second-order valence-corrected chi connectivity index (χ2v) is 5.53. The largest absolute Gasteiger partial charge is 0.467 e. The molecule has 0 saturated carbocycles. The summed E-state index contributed by atoms with van der Waals surface area (Å²) in [6.07, 6.45) is 2.42. The topological polar surface area (TPSA) is 64.1 Å². The molecule has 1 N–H and O–H groups in total. The van der Waals surface area contributed by atoms with Gasteiger partial charge < -0.3 is 10.1 Å². The third kappa shape index (κ3) is 3.89. The highest BCUT2D eigenvalue weighted by Crippen LogP contribution is 2.25. The first-order valence-electron chi connectivity index (χ1n) is 6.24. The Kier molecular flexibility index (Phi) is 4.68. The second kappa shape index (κ2) is 6.47. The zero-order valence-corrected chi connectivity index (χ0v) is 11.9. The van der Waals surface area contributed by atoms with Gasteiger partial charge in [-0.25, -0.2) is 9.97 Å². The van der Waals surface area contributed by atoms with Crippen molar-refractivity contribution in [2.24, 2.45) is 5.92 Å². The number of nitrogens with zero attached hydrogens (tertiary/aromatic N) is 2. The van der Waals surface area contributed by atoms with Crippen molar-refractivity contribution in [3.05, 3.63) is 17.8 Å². The fourth-order valence-electron chi connectivity index (χ4n) is 1.57. The van der Waals surface area contributed by atoms with Crippen molar-refractivity contribution < 1.29 is 9.53 Å². The van der Waals surface area contributed by atoms with E-state index in [-0.39, 0.29) is 12.5 Å². The molecular weight excluding hydrogens is 262 g/mol.